The second-order valence-corrected chi connectivity index (χ2v) is 7.02. The highest BCUT2D eigenvalue weighted by atomic mass is 32.2. The summed E-state index contributed by atoms with van der Waals surface area (Å²) in [5.74, 6) is 0.994. The zero-order valence-electron chi connectivity index (χ0n) is 11.6. The average Bonchev–Trinajstić information content (AvgIpc) is 3.19. The third kappa shape index (κ3) is 3.87. The van der Waals surface area contributed by atoms with Crippen LogP contribution in [-0.2, 0) is 0 Å². The van der Waals surface area contributed by atoms with Crippen molar-refractivity contribution in [1.82, 2.24) is 10.2 Å². The molecule has 0 radical (unpaired) electrons. The summed E-state index contributed by atoms with van der Waals surface area (Å²) >= 11 is 2.00. The minimum Gasteiger partial charge on any atom is -0.311 e. The summed E-state index contributed by atoms with van der Waals surface area (Å²) in [6.07, 6.45) is 7.78. The number of nitrogens with zero attached hydrogens (tertiary/aromatic N) is 1. The topological polar surface area (TPSA) is 15.3 Å². The van der Waals surface area contributed by atoms with E-state index in [1.165, 1.54) is 45.3 Å². The largest absolute Gasteiger partial charge is 0.311 e. The molecule has 3 heteroatoms. The van der Waals surface area contributed by atoms with E-state index in [4.69, 9.17) is 0 Å². The van der Waals surface area contributed by atoms with Crippen LogP contribution in [0.3, 0.4) is 0 Å². The maximum atomic E-state index is 3.77. The molecule has 3 unspecified atom stereocenters. The van der Waals surface area contributed by atoms with Gasteiger partial charge in [-0.25, -0.2) is 0 Å². The molecule has 17 heavy (non-hydrogen) atoms. The summed E-state index contributed by atoms with van der Waals surface area (Å²) in [7, 11) is 0. The van der Waals surface area contributed by atoms with Crippen LogP contribution in [-0.4, -0.2) is 48.1 Å². The van der Waals surface area contributed by atoms with Gasteiger partial charge in [0.25, 0.3) is 0 Å². The molecule has 1 heterocycles. The van der Waals surface area contributed by atoms with Crippen molar-refractivity contribution < 1.29 is 0 Å². The molecular formula is C14H28N2S. The second kappa shape index (κ2) is 6.44. The number of thioether (sulfide) groups is 1. The van der Waals surface area contributed by atoms with Crippen molar-refractivity contribution in [3.8, 4) is 0 Å². The molecule has 1 N–H and O–H groups in total. The molecule has 3 atom stereocenters. The molecule has 2 fully saturated rings. The lowest BCUT2D eigenvalue weighted by molar-refractivity contribution is 0.118. The first-order valence-corrected chi connectivity index (χ1v) is 8.53. The van der Waals surface area contributed by atoms with E-state index in [0.29, 0.717) is 0 Å². The van der Waals surface area contributed by atoms with Crippen molar-refractivity contribution >= 4 is 11.8 Å². The summed E-state index contributed by atoms with van der Waals surface area (Å²) in [5.41, 5.74) is 0. The Hall–Kier alpha value is 0.270. The predicted molar refractivity (Wildman–Crippen MR) is 77.8 cm³/mol. The lowest BCUT2D eigenvalue weighted by atomic mass is 10.0. The summed E-state index contributed by atoms with van der Waals surface area (Å²) in [6.45, 7) is 8.49. The zero-order chi connectivity index (χ0) is 12.3. The van der Waals surface area contributed by atoms with Crippen LogP contribution in [0.5, 0.6) is 0 Å². The Balaban J connectivity index is 1.81. The number of hydrogen-bond donors (Lipinski definition) is 1. The molecule has 1 aliphatic heterocycles. The molecule has 2 aliphatic rings. The normalized spacial score (nSPS) is 32.6. The lowest BCUT2D eigenvalue weighted by Gasteiger charge is -2.40. The molecule has 2 nitrogen and oxygen atoms in total. The van der Waals surface area contributed by atoms with E-state index in [2.05, 4.69) is 30.3 Å². The average molecular weight is 256 g/mol. The Morgan fingerprint density at radius 1 is 1.41 bits per heavy atom. The highest BCUT2D eigenvalue weighted by molar-refractivity contribution is 7.99. The fraction of sp³-hybridized carbons (Fsp3) is 1.00. The third-order valence-electron chi connectivity index (χ3n) is 4.45. The van der Waals surface area contributed by atoms with Crippen molar-refractivity contribution in [2.24, 2.45) is 5.92 Å². The Morgan fingerprint density at radius 2 is 2.18 bits per heavy atom. The van der Waals surface area contributed by atoms with Crippen LogP contribution < -0.4 is 5.32 Å². The van der Waals surface area contributed by atoms with E-state index < -0.39 is 0 Å². The van der Waals surface area contributed by atoms with E-state index in [1.807, 2.05) is 11.8 Å². The number of piperazine rings is 1. The maximum Gasteiger partial charge on any atom is 0.0224 e. The fourth-order valence-electron chi connectivity index (χ4n) is 2.84. The predicted octanol–water partition coefficient (Wildman–Crippen LogP) is 2.59. The summed E-state index contributed by atoms with van der Waals surface area (Å²) in [5, 5.41) is 4.57. The van der Waals surface area contributed by atoms with Crippen LogP contribution in [0.15, 0.2) is 0 Å². The molecule has 100 valence electrons. The number of hydrogen-bond acceptors (Lipinski definition) is 3. The van der Waals surface area contributed by atoms with E-state index in [-0.39, 0.29) is 0 Å². The van der Waals surface area contributed by atoms with Gasteiger partial charge >= 0.3 is 0 Å². The van der Waals surface area contributed by atoms with Crippen molar-refractivity contribution in [3.63, 3.8) is 0 Å². The highest BCUT2D eigenvalue weighted by Crippen LogP contribution is 2.34. The Bertz CT molecular complexity index is 230. The molecule has 0 aromatic heterocycles. The van der Waals surface area contributed by atoms with E-state index >= 15 is 0 Å². The maximum absolute atomic E-state index is 3.77. The van der Waals surface area contributed by atoms with Crippen LogP contribution in [0.1, 0.15) is 39.5 Å². The Kier molecular flexibility index (Phi) is 5.19. The molecule has 1 saturated carbocycles. The van der Waals surface area contributed by atoms with Crippen molar-refractivity contribution in [1.29, 1.82) is 0 Å². The fourth-order valence-corrected chi connectivity index (χ4v) is 3.18. The smallest absolute Gasteiger partial charge is 0.0224 e. The monoisotopic (exact) mass is 256 g/mol. The van der Waals surface area contributed by atoms with Crippen molar-refractivity contribution in [2.45, 2.75) is 56.9 Å². The van der Waals surface area contributed by atoms with Gasteiger partial charge in [-0.2, -0.15) is 11.8 Å². The summed E-state index contributed by atoms with van der Waals surface area (Å²) in [6, 6.07) is 1.57. The molecule has 1 aliphatic carbocycles. The standard InChI is InChI=1S/C14H28N2S/c1-4-13-9-15-14(12-5-6-12)10-16(13)8-7-11(2)17-3/h11-15H,4-10H2,1-3H3. The SMILES string of the molecule is CCC1CNC(C2CC2)CN1CCC(C)SC. The van der Waals surface area contributed by atoms with Gasteiger partial charge in [0, 0.05) is 30.4 Å². The first kappa shape index (κ1) is 13.7. The van der Waals surface area contributed by atoms with E-state index in [0.717, 1.165) is 23.3 Å². The van der Waals surface area contributed by atoms with Gasteiger partial charge in [-0.15, -0.1) is 0 Å². The molecule has 0 spiro atoms. The van der Waals surface area contributed by atoms with E-state index in [1.54, 1.807) is 0 Å². The molecule has 2 rings (SSSR count). The lowest BCUT2D eigenvalue weighted by Crippen LogP contribution is -2.57. The number of rotatable bonds is 6. The molecule has 0 bridgehead atoms. The van der Waals surface area contributed by atoms with Crippen LogP contribution in [0.25, 0.3) is 0 Å². The van der Waals surface area contributed by atoms with Crippen molar-refractivity contribution in [3.05, 3.63) is 0 Å². The minimum atomic E-state index is 0.777. The number of nitrogens with one attached hydrogen (secondary N) is 1. The first-order chi connectivity index (χ1) is 8.24. The summed E-state index contributed by atoms with van der Waals surface area (Å²) < 4.78 is 0. The first-order valence-electron chi connectivity index (χ1n) is 7.24. The molecule has 0 aromatic rings. The van der Waals surface area contributed by atoms with Gasteiger partial charge in [-0.05, 0) is 44.4 Å². The van der Waals surface area contributed by atoms with Gasteiger partial charge in [0.2, 0.25) is 0 Å². The van der Waals surface area contributed by atoms with Crippen molar-refractivity contribution in [2.75, 3.05) is 25.9 Å². The molecular weight excluding hydrogens is 228 g/mol. The van der Waals surface area contributed by atoms with E-state index in [9.17, 15) is 0 Å². The quantitative estimate of drug-likeness (QED) is 0.786. The van der Waals surface area contributed by atoms with Crippen LogP contribution in [0.4, 0.5) is 0 Å². The molecule has 1 saturated heterocycles. The third-order valence-corrected chi connectivity index (χ3v) is 5.49. The van der Waals surface area contributed by atoms with Crippen LogP contribution >= 0.6 is 11.8 Å². The Labute approximate surface area is 111 Å². The molecule has 0 aromatic carbocycles. The molecule has 0 amide bonds. The van der Waals surface area contributed by atoms with Gasteiger partial charge < -0.3 is 5.32 Å². The second-order valence-electron chi connectivity index (χ2n) is 5.74. The zero-order valence-corrected chi connectivity index (χ0v) is 12.4. The van der Waals surface area contributed by atoms with Gasteiger partial charge in [0.1, 0.15) is 0 Å². The van der Waals surface area contributed by atoms with Gasteiger partial charge in [-0.3, -0.25) is 4.90 Å². The van der Waals surface area contributed by atoms with Gasteiger partial charge in [-0.1, -0.05) is 13.8 Å². The van der Waals surface area contributed by atoms with Crippen LogP contribution in [0, 0.1) is 5.92 Å². The van der Waals surface area contributed by atoms with Gasteiger partial charge in [0.15, 0.2) is 0 Å². The van der Waals surface area contributed by atoms with Crippen LogP contribution in [0.2, 0.25) is 0 Å². The summed E-state index contributed by atoms with van der Waals surface area (Å²) in [4.78, 5) is 2.76. The highest BCUT2D eigenvalue weighted by Gasteiger charge is 2.36. The Morgan fingerprint density at radius 3 is 2.76 bits per heavy atom. The minimum absolute atomic E-state index is 0.777. The van der Waals surface area contributed by atoms with Gasteiger partial charge in [0.05, 0.1) is 0 Å².